The van der Waals surface area contributed by atoms with Gasteiger partial charge in [-0.05, 0) is 18.2 Å². The van der Waals surface area contributed by atoms with Crippen molar-refractivity contribution in [1.29, 1.82) is 0 Å². The molecule has 0 unspecified atom stereocenters. The van der Waals surface area contributed by atoms with Crippen LogP contribution in [0.2, 0.25) is 0 Å². The standard InChI is InChI=1S/C15H11FN4O3/c16-11-6-9-12(21)10(15(22)23)7-20(8-4-2-1-3-5-8)14(9)18-13(11)19-17/h1-7H,17H2,(H,18,19)(H,22,23). The lowest BCUT2D eigenvalue weighted by molar-refractivity contribution is 0.0695. The second kappa shape index (κ2) is 5.50. The van der Waals surface area contributed by atoms with Crippen LogP contribution in [0.1, 0.15) is 10.4 Å². The molecule has 2 aromatic heterocycles. The van der Waals surface area contributed by atoms with E-state index in [-0.39, 0.29) is 16.9 Å². The van der Waals surface area contributed by atoms with Gasteiger partial charge in [0.1, 0.15) is 5.56 Å². The normalized spacial score (nSPS) is 10.7. The van der Waals surface area contributed by atoms with E-state index in [9.17, 15) is 19.1 Å². The van der Waals surface area contributed by atoms with Crippen molar-refractivity contribution < 1.29 is 14.3 Å². The molecular formula is C15H11FN4O3. The molecule has 0 spiro atoms. The number of carbonyl (C=O) groups is 1. The van der Waals surface area contributed by atoms with E-state index in [2.05, 4.69) is 10.4 Å². The Balaban J connectivity index is 2.48. The second-order valence-corrected chi connectivity index (χ2v) is 4.72. The van der Waals surface area contributed by atoms with Gasteiger partial charge in [-0.25, -0.2) is 20.0 Å². The van der Waals surface area contributed by atoms with Crippen LogP contribution in [0.4, 0.5) is 10.2 Å². The first kappa shape index (κ1) is 14.7. The highest BCUT2D eigenvalue weighted by molar-refractivity contribution is 5.92. The highest BCUT2D eigenvalue weighted by atomic mass is 19.1. The topological polar surface area (TPSA) is 110 Å². The predicted molar refractivity (Wildman–Crippen MR) is 82.1 cm³/mol. The van der Waals surface area contributed by atoms with Crippen molar-refractivity contribution in [2.45, 2.75) is 0 Å². The Morgan fingerprint density at radius 2 is 2.00 bits per heavy atom. The van der Waals surface area contributed by atoms with Crippen molar-refractivity contribution in [3.8, 4) is 5.69 Å². The molecule has 3 aromatic rings. The number of aromatic carboxylic acids is 1. The average Bonchev–Trinajstić information content (AvgIpc) is 2.55. The third-order valence-electron chi connectivity index (χ3n) is 3.33. The van der Waals surface area contributed by atoms with Crippen molar-refractivity contribution in [1.82, 2.24) is 9.55 Å². The van der Waals surface area contributed by atoms with Crippen LogP contribution in [0.15, 0.2) is 47.4 Å². The molecule has 116 valence electrons. The fourth-order valence-corrected chi connectivity index (χ4v) is 2.26. The highest BCUT2D eigenvalue weighted by Gasteiger charge is 2.18. The van der Waals surface area contributed by atoms with E-state index < -0.39 is 22.8 Å². The number of hydrazine groups is 1. The fraction of sp³-hybridized carbons (Fsp3) is 0. The summed E-state index contributed by atoms with van der Waals surface area (Å²) in [7, 11) is 0. The SMILES string of the molecule is NNc1nc2c(cc1F)c(=O)c(C(=O)O)cn2-c1ccccc1. The largest absolute Gasteiger partial charge is 0.477 e. The van der Waals surface area contributed by atoms with Crippen LogP contribution in [-0.4, -0.2) is 20.6 Å². The molecule has 2 heterocycles. The monoisotopic (exact) mass is 314 g/mol. The molecule has 4 N–H and O–H groups in total. The first-order valence-corrected chi connectivity index (χ1v) is 6.54. The maximum Gasteiger partial charge on any atom is 0.341 e. The Morgan fingerprint density at radius 1 is 1.30 bits per heavy atom. The van der Waals surface area contributed by atoms with Crippen molar-refractivity contribution in [3.63, 3.8) is 0 Å². The number of hydrogen-bond donors (Lipinski definition) is 3. The molecule has 0 amide bonds. The van der Waals surface area contributed by atoms with E-state index in [1.807, 2.05) is 0 Å². The first-order chi connectivity index (χ1) is 11.0. The number of nitrogens with one attached hydrogen (secondary N) is 1. The number of pyridine rings is 2. The number of carboxylic acid groups (broad SMARTS) is 1. The quantitative estimate of drug-likeness (QED) is 0.499. The number of nitrogens with two attached hydrogens (primary N) is 1. The zero-order valence-electron chi connectivity index (χ0n) is 11.7. The van der Waals surface area contributed by atoms with Crippen molar-refractivity contribution in [3.05, 3.63) is 64.2 Å². The summed E-state index contributed by atoms with van der Waals surface area (Å²) in [4.78, 5) is 27.5. The molecule has 3 rings (SSSR count). The number of nitrogen functional groups attached to an aromatic ring is 1. The van der Waals surface area contributed by atoms with Gasteiger partial charge in [-0.2, -0.15) is 0 Å². The molecule has 0 aliphatic heterocycles. The van der Waals surface area contributed by atoms with Gasteiger partial charge in [-0.1, -0.05) is 18.2 Å². The minimum Gasteiger partial charge on any atom is -0.477 e. The van der Waals surface area contributed by atoms with Crippen LogP contribution in [0, 0.1) is 5.82 Å². The van der Waals surface area contributed by atoms with E-state index in [0.717, 1.165) is 12.3 Å². The minimum atomic E-state index is -1.40. The van der Waals surface area contributed by atoms with Gasteiger partial charge in [0.25, 0.3) is 0 Å². The van der Waals surface area contributed by atoms with Crippen molar-refractivity contribution in [2.75, 3.05) is 5.43 Å². The van der Waals surface area contributed by atoms with Gasteiger partial charge >= 0.3 is 5.97 Å². The van der Waals surface area contributed by atoms with E-state index in [1.165, 1.54) is 4.57 Å². The number of benzene rings is 1. The van der Waals surface area contributed by atoms with Gasteiger partial charge in [0.05, 0.1) is 5.39 Å². The van der Waals surface area contributed by atoms with Gasteiger partial charge < -0.3 is 15.1 Å². The van der Waals surface area contributed by atoms with E-state index >= 15 is 0 Å². The Bertz CT molecular complexity index is 970. The molecular weight excluding hydrogens is 303 g/mol. The molecule has 0 saturated heterocycles. The predicted octanol–water partition coefficient (Wildman–Crippen LogP) is 1.51. The third kappa shape index (κ3) is 2.40. The second-order valence-electron chi connectivity index (χ2n) is 4.72. The Kier molecular flexibility index (Phi) is 3.51. The summed E-state index contributed by atoms with van der Waals surface area (Å²) in [5, 5.41) is 9.06. The Hall–Kier alpha value is -3.26. The van der Waals surface area contributed by atoms with Gasteiger partial charge in [0, 0.05) is 11.9 Å². The summed E-state index contributed by atoms with van der Waals surface area (Å²) in [6.07, 6.45) is 1.16. The van der Waals surface area contributed by atoms with Gasteiger partial charge in [0.2, 0.25) is 5.43 Å². The Morgan fingerprint density at radius 3 is 2.61 bits per heavy atom. The maximum absolute atomic E-state index is 13.9. The number of anilines is 1. The molecule has 0 fully saturated rings. The van der Waals surface area contributed by atoms with Crippen LogP contribution in [0.25, 0.3) is 16.7 Å². The third-order valence-corrected chi connectivity index (χ3v) is 3.33. The van der Waals surface area contributed by atoms with Crippen LogP contribution in [0.3, 0.4) is 0 Å². The van der Waals surface area contributed by atoms with Crippen LogP contribution >= 0.6 is 0 Å². The van der Waals surface area contributed by atoms with E-state index in [4.69, 9.17) is 5.84 Å². The van der Waals surface area contributed by atoms with Crippen LogP contribution < -0.4 is 16.7 Å². The molecule has 0 aliphatic carbocycles. The summed E-state index contributed by atoms with van der Waals surface area (Å²) in [6.45, 7) is 0. The van der Waals surface area contributed by atoms with Gasteiger partial charge in [-0.15, -0.1) is 0 Å². The molecule has 7 nitrogen and oxygen atoms in total. The minimum absolute atomic E-state index is 0.0977. The number of fused-ring (bicyclic) bond motifs is 1. The van der Waals surface area contributed by atoms with Crippen LogP contribution in [-0.2, 0) is 0 Å². The van der Waals surface area contributed by atoms with E-state index in [0.29, 0.717) is 5.69 Å². The summed E-state index contributed by atoms with van der Waals surface area (Å²) < 4.78 is 15.3. The number of hydrogen-bond acceptors (Lipinski definition) is 5. The number of carboxylic acids is 1. The maximum atomic E-state index is 13.9. The molecule has 8 heteroatoms. The summed E-state index contributed by atoms with van der Waals surface area (Å²) in [6, 6.07) is 9.60. The summed E-state index contributed by atoms with van der Waals surface area (Å²) in [5.74, 6) is 2.72. The zero-order chi connectivity index (χ0) is 16.6. The van der Waals surface area contributed by atoms with Crippen molar-refractivity contribution >= 4 is 22.8 Å². The lowest BCUT2D eigenvalue weighted by atomic mass is 10.1. The van der Waals surface area contributed by atoms with Crippen molar-refractivity contribution in [2.24, 2.45) is 5.84 Å². The molecule has 1 aromatic carbocycles. The van der Waals surface area contributed by atoms with Crippen LogP contribution in [0.5, 0.6) is 0 Å². The summed E-state index contributed by atoms with van der Waals surface area (Å²) in [5.41, 5.74) is 1.49. The molecule has 0 saturated carbocycles. The molecule has 0 aliphatic rings. The molecule has 0 atom stereocenters. The smallest absolute Gasteiger partial charge is 0.341 e. The molecule has 0 bridgehead atoms. The number of rotatable bonds is 3. The van der Waals surface area contributed by atoms with E-state index in [1.54, 1.807) is 30.3 Å². The zero-order valence-corrected chi connectivity index (χ0v) is 11.7. The highest BCUT2D eigenvalue weighted by Crippen LogP contribution is 2.20. The lowest BCUT2D eigenvalue weighted by Crippen LogP contribution is -2.20. The van der Waals surface area contributed by atoms with Gasteiger partial charge in [-0.3, -0.25) is 4.79 Å². The number of nitrogens with zero attached hydrogens (tertiary/aromatic N) is 2. The fourth-order valence-electron chi connectivity index (χ4n) is 2.26. The molecule has 23 heavy (non-hydrogen) atoms. The van der Waals surface area contributed by atoms with Gasteiger partial charge in [0.15, 0.2) is 17.3 Å². The Labute approximate surface area is 128 Å². The average molecular weight is 314 g/mol. The number of aromatic nitrogens is 2. The first-order valence-electron chi connectivity index (χ1n) is 6.54. The molecule has 0 radical (unpaired) electrons. The lowest BCUT2D eigenvalue weighted by Gasteiger charge is -2.13. The summed E-state index contributed by atoms with van der Waals surface area (Å²) >= 11 is 0. The number of halogens is 1. The number of para-hydroxylation sites is 1.